The molecule has 0 radical (unpaired) electrons. The molecule has 0 heterocycles. The van der Waals surface area contributed by atoms with Gasteiger partial charge in [-0.15, -0.1) is 0 Å². The number of rotatable bonds is 9. The fraction of sp³-hybridized carbons (Fsp3) is 0.533. The molecule has 1 aromatic rings. The molecule has 0 bridgehead atoms. The van der Waals surface area contributed by atoms with Gasteiger partial charge in [0.2, 0.25) is 0 Å². The number of hydrogen-bond donors (Lipinski definition) is 4. The van der Waals surface area contributed by atoms with E-state index in [2.05, 4.69) is 0 Å². The molecule has 0 aliphatic carbocycles. The Morgan fingerprint density at radius 1 is 1.23 bits per heavy atom. The smallest absolute Gasteiger partial charge is 0.313 e. The summed E-state index contributed by atoms with van der Waals surface area (Å²) >= 11 is 0. The van der Waals surface area contributed by atoms with Crippen molar-refractivity contribution in [3.05, 3.63) is 35.9 Å². The van der Waals surface area contributed by atoms with Gasteiger partial charge in [0.15, 0.2) is 0 Å². The second-order valence-electron chi connectivity index (χ2n) is 4.87. The first kappa shape index (κ1) is 18.5. The Hall–Kier alpha value is -1.51. The third-order valence-electron chi connectivity index (χ3n) is 3.41. The fourth-order valence-corrected chi connectivity index (χ4v) is 1.99. The van der Waals surface area contributed by atoms with Gasteiger partial charge in [-0.3, -0.25) is 4.79 Å². The average Bonchev–Trinajstić information content (AvgIpc) is 2.55. The van der Waals surface area contributed by atoms with Crippen LogP contribution in [0.4, 0.5) is 0 Å². The maximum atomic E-state index is 12.0. The Bertz CT molecular complexity index is 437. The second-order valence-corrected chi connectivity index (χ2v) is 4.87. The predicted molar refractivity (Wildman–Crippen MR) is 78.7 cm³/mol. The van der Waals surface area contributed by atoms with Crippen molar-refractivity contribution >= 4 is 5.97 Å². The van der Waals surface area contributed by atoms with E-state index in [0.29, 0.717) is 0 Å². The van der Waals surface area contributed by atoms with Crippen LogP contribution in [-0.2, 0) is 20.9 Å². The van der Waals surface area contributed by atoms with Crippen LogP contribution in [0.25, 0.3) is 0 Å². The number of carbonyl (C=O) groups is 1. The SMILES string of the molecule is CO[C@H](CO)[C@H](O)C(O)C(CN)C(=O)OCc1ccccc1. The molecular weight excluding hydrogens is 290 g/mol. The molecule has 0 aliphatic heterocycles. The van der Waals surface area contributed by atoms with E-state index in [1.165, 1.54) is 7.11 Å². The van der Waals surface area contributed by atoms with E-state index in [1.807, 2.05) is 18.2 Å². The van der Waals surface area contributed by atoms with E-state index >= 15 is 0 Å². The summed E-state index contributed by atoms with van der Waals surface area (Å²) in [4.78, 5) is 12.0. The van der Waals surface area contributed by atoms with Gasteiger partial charge in [-0.1, -0.05) is 30.3 Å². The lowest BCUT2D eigenvalue weighted by Crippen LogP contribution is -2.49. The van der Waals surface area contributed by atoms with Crippen molar-refractivity contribution in [2.75, 3.05) is 20.3 Å². The topological polar surface area (TPSA) is 122 Å². The van der Waals surface area contributed by atoms with Crippen LogP contribution < -0.4 is 5.73 Å². The van der Waals surface area contributed by atoms with E-state index in [1.54, 1.807) is 12.1 Å². The van der Waals surface area contributed by atoms with E-state index in [9.17, 15) is 15.0 Å². The van der Waals surface area contributed by atoms with Crippen LogP contribution in [0.15, 0.2) is 30.3 Å². The highest BCUT2D eigenvalue weighted by atomic mass is 16.5. The molecular formula is C15H23NO6. The van der Waals surface area contributed by atoms with Crippen LogP contribution in [0.5, 0.6) is 0 Å². The van der Waals surface area contributed by atoms with Gasteiger partial charge in [-0.05, 0) is 5.56 Å². The van der Waals surface area contributed by atoms with Crippen LogP contribution in [0.1, 0.15) is 5.56 Å². The normalized spacial score (nSPS) is 16.6. The largest absolute Gasteiger partial charge is 0.460 e. The minimum atomic E-state index is -1.50. The molecule has 0 spiro atoms. The average molecular weight is 313 g/mol. The lowest BCUT2D eigenvalue weighted by atomic mass is 9.95. The highest BCUT2D eigenvalue weighted by Crippen LogP contribution is 2.14. The number of ether oxygens (including phenoxy) is 2. The summed E-state index contributed by atoms with van der Waals surface area (Å²) in [6.07, 6.45) is -3.95. The third-order valence-corrected chi connectivity index (χ3v) is 3.41. The third kappa shape index (κ3) is 5.04. The van der Waals surface area contributed by atoms with Crippen molar-refractivity contribution in [3.8, 4) is 0 Å². The van der Waals surface area contributed by atoms with Gasteiger partial charge in [0, 0.05) is 13.7 Å². The first-order valence-corrected chi connectivity index (χ1v) is 6.95. The molecule has 0 amide bonds. The van der Waals surface area contributed by atoms with Gasteiger partial charge < -0.3 is 30.5 Å². The molecule has 0 saturated heterocycles. The van der Waals surface area contributed by atoms with Crippen LogP contribution in [-0.4, -0.2) is 59.9 Å². The molecule has 1 rings (SSSR count). The molecule has 2 unspecified atom stereocenters. The molecule has 1 aromatic carbocycles. The Morgan fingerprint density at radius 2 is 1.86 bits per heavy atom. The minimum Gasteiger partial charge on any atom is -0.460 e. The van der Waals surface area contributed by atoms with Gasteiger partial charge in [0.05, 0.1) is 18.6 Å². The Kier molecular flexibility index (Phi) is 8.00. The van der Waals surface area contributed by atoms with Crippen molar-refractivity contribution in [2.45, 2.75) is 24.9 Å². The molecule has 7 heteroatoms. The summed E-state index contributed by atoms with van der Waals surface area (Å²) in [5.41, 5.74) is 6.29. The Balaban J connectivity index is 2.63. The van der Waals surface area contributed by atoms with Crippen LogP contribution in [0, 0.1) is 5.92 Å². The molecule has 22 heavy (non-hydrogen) atoms. The molecule has 5 N–H and O–H groups in total. The lowest BCUT2D eigenvalue weighted by molar-refractivity contribution is -0.162. The van der Waals surface area contributed by atoms with Gasteiger partial charge in [0.1, 0.15) is 18.8 Å². The summed E-state index contributed by atoms with van der Waals surface area (Å²) in [6.45, 7) is -0.647. The number of esters is 1. The molecule has 4 atom stereocenters. The van der Waals surface area contributed by atoms with Gasteiger partial charge in [-0.2, -0.15) is 0 Å². The number of aliphatic hydroxyl groups is 3. The first-order valence-electron chi connectivity index (χ1n) is 6.95. The molecule has 0 aromatic heterocycles. The molecule has 0 aliphatic rings. The summed E-state index contributed by atoms with van der Waals surface area (Å²) < 4.78 is 9.94. The maximum Gasteiger partial charge on any atom is 0.313 e. The highest BCUT2D eigenvalue weighted by molar-refractivity contribution is 5.73. The van der Waals surface area contributed by atoms with Gasteiger partial charge >= 0.3 is 5.97 Å². The van der Waals surface area contributed by atoms with E-state index in [0.717, 1.165) is 5.56 Å². The number of methoxy groups -OCH3 is 1. The number of aliphatic hydroxyl groups excluding tert-OH is 3. The number of hydrogen-bond acceptors (Lipinski definition) is 7. The monoisotopic (exact) mass is 313 g/mol. The summed E-state index contributed by atoms with van der Waals surface area (Å²) in [5.74, 6) is -1.83. The minimum absolute atomic E-state index is 0.0483. The zero-order valence-electron chi connectivity index (χ0n) is 12.5. The highest BCUT2D eigenvalue weighted by Gasteiger charge is 2.36. The van der Waals surface area contributed by atoms with E-state index in [-0.39, 0.29) is 13.2 Å². The first-order chi connectivity index (χ1) is 10.5. The van der Waals surface area contributed by atoms with Gasteiger partial charge in [-0.25, -0.2) is 0 Å². The van der Waals surface area contributed by atoms with Crippen LogP contribution >= 0.6 is 0 Å². The molecule has 0 saturated carbocycles. The summed E-state index contributed by atoms with van der Waals surface area (Å²) in [5, 5.41) is 29.0. The second kappa shape index (κ2) is 9.50. The summed E-state index contributed by atoms with van der Waals surface area (Å²) in [6, 6.07) is 9.05. The van der Waals surface area contributed by atoms with Crippen molar-refractivity contribution in [2.24, 2.45) is 11.7 Å². The number of nitrogens with two attached hydrogens (primary N) is 1. The maximum absolute atomic E-state index is 12.0. The van der Waals surface area contributed by atoms with Crippen molar-refractivity contribution in [3.63, 3.8) is 0 Å². The zero-order chi connectivity index (χ0) is 16.5. The van der Waals surface area contributed by atoms with E-state index < -0.39 is 36.8 Å². The molecule has 7 nitrogen and oxygen atoms in total. The van der Waals surface area contributed by atoms with Crippen LogP contribution in [0.3, 0.4) is 0 Å². The van der Waals surface area contributed by atoms with Crippen molar-refractivity contribution in [1.82, 2.24) is 0 Å². The van der Waals surface area contributed by atoms with Gasteiger partial charge in [0.25, 0.3) is 0 Å². The van der Waals surface area contributed by atoms with Crippen LogP contribution in [0.2, 0.25) is 0 Å². The zero-order valence-corrected chi connectivity index (χ0v) is 12.5. The van der Waals surface area contributed by atoms with Crippen molar-refractivity contribution < 1.29 is 29.6 Å². The standard InChI is InChI=1S/C15H23NO6/c1-21-12(8-17)14(19)13(18)11(7-16)15(20)22-9-10-5-3-2-4-6-10/h2-6,11-14,17-19H,7-9,16H2,1H3/t11?,12-,13?,14+/m1/s1. The van der Waals surface area contributed by atoms with E-state index in [4.69, 9.17) is 20.3 Å². The quantitative estimate of drug-likeness (QED) is 0.433. The number of benzene rings is 1. The Morgan fingerprint density at radius 3 is 2.36 bits per heavy atom. The Labute approximate surface area is 129 Å². The lowest BCUT2D eigenvalue weighted by Gasteiger charge is -2.28. The fourth-order valence-electron chi connectivity index (χ4n) is 1.99. The predicted octanol–water partition coefficient (Wildman–Crippen LogP) is -0.966. The molecule has 0 fully saturated rings. The molecule has 124 valence electrons. The summed E-state index contributed by atoms with van der Waals surface area (Å²) in [7, 11) is 1.28. The number of carbonyl (C=O) groups excluding carboxylic acids is 1. The van der Waals surface area contributed by atoms with Crippen molar-refractivity contribution in [1.29, 1.82) is 0 Å².